The van der Waals surface area contributed by atoms with E-state index in [2.05, 4.69) is 20.7 Å². The Labute approximate surface area is 105 Å². The number of pyridine rings is 1. The lowest BCUT2D eigenvalue weighted by atomic mass is 10.2. The van der Waals surface area contributed by atoms with Gasteiger partial charge in [0.2, 0.25) is 0 Å². The van der Waals surface area contributed by atoms with Crippen molar-refractivity contribution in [2.45, 2.75) is 6.42 Å². The molecule has 0 fully saturated rings. The minimum atomic E-state index is -0.230. The van der Waals surface area contributed by atoms with E-state index in [1.165, 1.54) is 0 Å². The van der Waals surface area contributed by atoms with E-state index in [1.807, 2.05) is 12.1 Å². The van der Waals surface area contributed by atoms with Gasteiger partial charge in [0.25, 0.3) is 0 Å². The number of hydrogen-bond donors (Lipinski definition) is 2. The van der Waals surface area contributed by atoms with Crippen molar-refractivity contribution in [2.75, 3.05) is 11.9 Å². The van der Waals surface area contributed by atoms with Crippen molar-refractivity contribution in [3.8, 4) is 0 Å². The molecule has 0 saturated carbocycles. The SMILES string of the molecule is Cn1cc(NC(=O)NCCc2cccnc2)cn1. The number of urea groups is 1. The number of hydrogen-bond acceptors (Lipinski definition) is 3. The Balaban J connectivity index is 1.72. The van der Waals surface area contributed by atoms with E-state index in [0.717, 1.165) is 12.0 Å². The van der Waals surface area contributed by atoms with Gasteiger partial charge >= 0.3 is 6.03 Å². The number of amides is 2. The minimum Gasteiger partial charge on any atom is -0.338 e. The molecule has 2 aromatic heterocycles. The van der Waals surface area contributed by atoms with Gasteiger partial charge in [-0.05, 0) is 18.1 Å². The number of rotatable bonds is 4. The van der Waals surface area contributed by atoms with Gasteiger partial charge in [-0.3, -0.25) is 9.67 Å². The summed E-state index contributed by atoms with van der Waals surface area (Å²) in [7, 11) is 1.80. The van der Waals surface area contributed by atoms with Crippen LogP contribution in [0, 0.1) is 0 Å². The van der Waals surface area contributed by atoms with E-state index in [-0.39, 0.29) is 6.03 Å². The lowest BCUT2D eigenvalue weighted by molar-refractivity contribution is 0.252. The fourth-order valence-corrected chi connectivity index (χ4v) is 1.53. The maximum Gasteiger partial charge on any atom is 0.319 e. The van der Waals surface area contributed by atoms with Gasteiger partial charge < -0.3 is 10.6 Å². The first-order valence-corrected chi connectivity index (χ1v) is 5.66. The van der Waals surface area contributed by atoms with Crippen LogP contribution in [0.2, 0.25) is 0 Å². The van der Waals surface area contributed by atoms with Crippen molar-refractivity contribution < 1.29 is 4.79 Å². The van der Waals surface area contributed by atoms with Crippen molar-refractivity contribution in [3.63, 3.8) is 0 Å². The molecule has 2 amide bonds. The lowest BCUT2D eigenvalue weighted by Crippen LogP contribution is -2.30. The molecule has 6 heteroatoms. The number of aryl methyl sites for hydroxylation is 1. The third-order valence-corrected chi connectivity index (χ3v) is 2.38. The highest BCUT2D eigenvalue weighted by atomic mass is 16.2. The van der Waals surface area contributed by atoms with Crippen LogP contribution < -0.4 is 10.6 Å². The van der Waals surface area contributed by atoms with Gasteiger partial charge in [0.15, 0.2) is 0 Å². The van der Waals surface area contributed by atoms with Crippen LogP contribution in [-0.2, 0) is 13.5 Å². The summed E-state index contributed by atoms with van der Waals surface area (Å²) in [6, 6.07) is 3.63. The zero-order valence-electron chi connectivity index (χ0n) is 10.1. The van der Waals surface area contributed by atoms with Crippen molar-refractivity contribution >= 4 is 11.7 Å². The molecule has 0 bridgehead atoms. The highest BCUT2D eigenvalue weighted by Crippen LogP contribution is 2.02. The zero-order valence-corrected chi connectivity index (χ0v) is 10.1. The zero-order chi connectivity index (χ0) is 12.8. The number of anilines is 1. The maximum absolute atomic E-state index is 11.5. The van der Waals surface area contributed by atoms with Crippen LogP contribution in [0.1, 0.15) is 5.56 Å². The van der Waals surface area contributed by atoms with Crippen LogP contribution in [0.5, 0.6) is 0 Å². The average molecular weight is 245 g/mol. The quantitative estimate of drug-likeness (QED) is 0.849. The number of aromatic nitrogens is 3. The smallest absolute Gasteiger partial charge is 0.319 e. The summed E-state index contributed by atoms with van der Waals surface area (Å²) in [6.07, 6.45) is 7.61. The van der Waals surface area contributed by atoms with Crippen LogP contribution >= 0.6 is 0 Å². The second kappa shape index (κ2) is 5.81. The molecule has 2 rings (SSSR count). The fourth-order valence-electron chi connectivity index (χ4n) is 1.53. The molecule has 2 heterocycles. The molecular weight excluding hydrogens is 230 g/mol. The van der Waals surface area contributed by atoms with Crippen LogP contribution in [0.4, 0.5) is 10.5 Å². The molecule has 2 N–H and O–H groups in total. The van der Waals surface area contributed by atoms with Gasteiger partial charge in [0.1, 0.15) is 0 Å². The molecule has 18 heavy (non-hydrogen) atoms. The molecule has 0 aliphatic rings. The largest absolute Gasteiger partial charge is 0.338 e. The summed E-state index contributed by atoms with van der Waals surface area (Å²) in [6.45, 7) is 0.567. The van der Waals surface area contributed by atoms with Crippen molar-refractivity contribution in [2.24, 2.45) is 7.05 Å². The van der Waals surface area contributed by atoms with Crippen molar-refractivity contribution in [1.82, 2.24) is 20.1 Å². The second-order valence-corrected chi connectivity index (χ2v) is 3.89. The lowest BCUT2D eigenvalue weighted by Gasteiger charge is -2.05. The Morgan fingerprint density at radius 1 is 1.44 bits per heavy atom. The Morgan fingerprint density at radius 3 is 3.00 bits per heavy atom. The number of nitrogens with zero attached hydrogens (tertiary/aromatic N) is 3. The van der Waals surface area contributed by atoms with Gasteiger partial charge in [-0.2, -0.15) is 5.10 Å². The Morgan fingerprint density at radius 2 is 2.33 bits per heavy atom. The van der Waals surface area contributed by atoms with Crippen LogP contribution in [0.3, 0.4) is 0 Å². The van der Waals surface area contributed by atoms with Crippen LogP contribution in [0.25, 0.3) is 0 Å². The minimum absolute atomic E-state index is 0.230. The molecule has 0 saturated heterocycles. The first-order chi connectivity index (χ1) is 8.74. The average Bonchev–Trinajstić information content (AvgIpc) is 2.76. The summed E-state index contributed by atoms with van der Waals surface area (Å²) < 4.78 is 1.63. The molecule has 0 aliphatic carbocycles. The van der Waals surface area contributed by atoms with Crippen molar-refractivity contribution in [3.05, 3.63) is 42.5 Å². The predicted molar refractivity (Wildman–Crippen MR) is 68.2 cm³/mol. The first kappa shape index (κ1) is 12.1. The van der Waals surface area contributed by atoms with Crippen LogP contribution in [-0.4, -0.2) is 27.3 Å². The molecule has 0 atom stereocenters. The fraction of sp³-hybridized carbons (Fsp3) is 0.250. The van der Waals surface area contributed by atoms with Crippen LogP contribution in [0.15, 0.2) is 36.9 Å². The molecule has 0 aliphatic heterocycles. The third-order valence-electron chi connectivity index (χ3n) is 2.38. The number of carbonyl (C=O) groups is 1. The Kier molecular flexibility index (Phi) is 3.90. The standard InChI is InChI=1S/C12H15N5O/c1-17-9-11(8-15-17)16-12(18)14-6-4-10-3-2-5-13-7-10/h2-3,5,7-9H,4,6H2,1H3,(H2,14,16,18). The Bertz CT molecular complexity index is 508. The molecular formula is C12H15N5O. The van der Waals surface area contributed by atoms with Gasteiger partial charge in [0.05, 0.1) is 11.9 Å². The topological polar surface area (TPSA) is 71.8 Å². The second-order valence-electron chi connectivity index (χ2n) is 3.89. The molecule has 94 valence electrons. The summed E-state index contributed by atoms with van der Waals surface area (Å²) in [5.41, 5.74) is 1.77. The first-order valence-electron chi connectivity index (χ1n) is 5.66. The maximum atomic E-state index is 11.5. The van der Waals surface area contributed by atoms with E-state index in [4.69, 9.17) is 0 Å². The predicted octanol–water partition coefficient (Wildman–Crippen LogP) is 1.18. The van der Waals surface area contributed by atoms with E-state index in [0.29, 0.717) is 12.2 Å². The molecule has 0 spiro atoms. The normalized spacial score (nSPS) is 10.1. The van der Waals surface area contributed by atoms with Gasteiger partial charge in [-0.25, -0.2) is 4.79 Å². The molecule has 0 aromatic carbocycles. The summed E-state index contributed by atoms with van der Waals surface area (Å²) in [5.74, 6) is 0. The highest BCUT2D eigenvalue weighted by Gasteiger charge is 2.02. The molecule has 0 radical (unpaired) electrons. The monoisotopic (exact) mass is 245 g/mol. The Hall–Kier alpha value is -2.37. The third kappa shape index (κ3) is 3.58. The highest BCUT2D eigenvalue weighted by molar-refractivity contribution is 5.88. The van der Waals surface area contributed by atoms with E-state index in [1.54, 1.807) is 36.5 Å². The van der Waals surface area contributed by atoms with Gasteiger partial charge in [-0.1, -0.05) is 6.07 Å². The summed E-state index contributed by atoms with van der Waals surface area (Å²) in [4.78, 5) is 15.6. The van der Waals surface area contributed by atoms with E-state index in [9.17, 15) is 4.79 Å². The molecule has 0 unspecified atom stereocenters. The molecule has 6 nitrogen and oxygen atoms in total. The van der Waals surface area contributed by atoms with E-state index >= 15 is 0 Å². The van der Waals surface area contributed by atoms with Crippen molar-refractivity contribution in [1.29, 1.82) is 0 Å². The van der Waals surface area contributed by atoms with E-state index < -0.39 is 0 Å². The number of nitrogens with one attached hydrogen (secondary N) is 2. The summed E-state index contributed by atoms with van der Waals surface area (Å²) in [5, 5.41) is 9.44. The van der Waals surface area contributed by atoms with Gasteiger partial charge in [-0.15, -0.1) is 0 Å². The molecule has 2 aromatic rings. The van der Waals surface area contributed by atoms with Gasteiger partial charge in [0, 0.05) is 32.2 Å². The summed E-state index contributed by atoms with van der Waals surface area (Å²) >= 11 is 0. The number of carbonyl (C=O) groups excluding carboxylic acids is 1.